The molecule has 0 unspecified atom stereocenters. The summed E-state index contributed by atoms with van der Waals surface area (Å²) in [6.45, 7) is 8.11. The van der Waals surface area contributed by atoms with Gasteiger partial charge in [-0.3, -0.25) is 14.4 Å². The number of rotatable bonds is 9. The van der Waals surface area contributed by atoms with Crippen molar-refractivity contribution in [3.05, 3.63) is 94.5 Å². The van der Waals surface area contributed by atoms with E-state index in [0.29, 0.717) is 23.4 Å². The quantitative estimate of drug-likeness (QED) is 0.370. The fourth-order valence-electron chi connectivity index (χ4n) is 3.49. The zero-order chi connectivity index (χ0) is 25.4. The number of hydrogen-bond donors (Lipinski definition) is 4. The summed E-state index contributed by atoms with van der Waals surface area (Å²) in [6, 6.07) is 20.2. The molecule has 0 radical (unpaired) electrons. The summed E-state index contributed by atoms with van der Waals surface area (Å²) in [5.74, 6) is -0.685. The number of anilines is 2. The monoisotopic (exact) mass is 472 g/mol. The van der Waals surface area contributed by atoms with Crippen LogP contribution >= 0.6 is 0 Å². The third-order valence-corrected chi connectivity index (χ3v) is 5.37. The molecule has 3 aromatic rings. The summed E-state index contributed by atoms with van der Waals surface area (Å²) < 4.78 is 0. The summed E-state index contributed by atoms with van der Waals surface area (Å²) in [5, 5.41) is 11.7. The average molecular weight is 473 g/mol. The molecule has 3 rings (SSSR count). The van der Waals surface area contributed by atoms with E-state index in [2.05, 4.69) is 21.3 Å². The van der Waals surface area contributed by atoms with Gasteiger partial charge in [0.05, 0.1) is 17.8 Å². The highest BCUT2D eigenvalue weighted by Gasteiger charge is 2.14. The van der Waals surface area contributed by atoms with Crippen molar-refractivity contribution in [1.29, 1.82) is 0 Å². The fourth-order valence-corrected chi connectivity index (χ4v) is 3.49. The van der Waals surface area contributed by atoms with Crippen molar-refractivity contribution < 1.29 is 14.4 Å². The second kappa shape index (κ2) is 11.8. The first-order valence-corrected chi connectivity index (χ1v) is 11.6. The van der Waals surface area contributed by atoms with Gasteiger partial charge in [-0.1, -0.05) is 42.0 Å². The molecule has 0 aromatic heterocycles. The van der Waals surface area contributed by atoms with Crippen molar-refractivity contribution in [3.63, 3.8) is 0 Å². The number of hydrogen-bond acceptors (Lipinski definition) is 4. The van der Waals surface area contributed by atoms with Gasteiger partial charge in [0.1, 0.15) is 0 Å². The van der Waals surface area contributed by atoms with Crippen molar-refractivity contribution in [2.75, 3.05) is 17.2 Å². The van der Waals surface area contributed by atoms with Gasteiger partial charge >= 0.3 is 0 Å². The lowest BCUT2D eigenvalue weighted by Crippen LogP contribution is -2.30. The molecule has 182 valence electrons. The van der Waals surface area contributed by atoms with Crippen LogP contribution in [0.5, 0.6) is 0 Å². The smallest absolute Gasteiger partial charge is 0.253 e. The molecule has 3 amide bonds. The molecule has 4 N–H and O–H groups in total. The highest BCUT2D eigenvalue weighted by molar-refractivity contribution is 6.04. The van der Waals surface area contributed by atoms with E-state index < -0.39 is 0 Å². The number of amides is 3. The van der Waals surface area contributed by atoms with Gasteiger partial charge in [-0.05, 0) is 69.2 Å². The molecule has 0 aliphatic rings. The highest BCUT2D eigenvalue weighted by Crippen LogP contribution is 2.18. The van der Waals surface area contributed by atoms with E-state index in [-0.39, 0.29) is 30.3 Å². The highest BCUT2D eigenvalue weighted by atomic mass is 16.2. The molecule has 3 aromatic carbocycles. The lowest BCUT2D eigenvalue weighted by atomic mass is 10.1. The Kier molecular flexibility index (Phi) is 8.62. The predicted octanol–water partition coefficient (Wildman–Crippen LogP) is 4.42. The summed E-state index contributed by atoms with van der Waals surface area (Å²) in [4.78, 5) is 37.6. The third kappa shape index (κ3) is 7.43. The van der Waals surface area contributed by atoms with Gasteiger partial charge in [0.2, 0.25) is 5.91 Å². The van der Waals surface area contributed by atoms with Gasteiger partial charge in [-0.2, -0.15) is 0 Å². The molecule has 0 saturated carbocycles. The Morgan fingerprint density at radius 2 is 1.54 bits per heavy atom. The Morgan fingerprint density at radius 1 is 0.829 bits per heavy atom. The van der Waals surface area contributed by atoms with Crippen molar-refractivity contribution in [2.24, 2.45) is 0 Å². The second-order valence-electron chi connectivity index (χ2n) is 8.77. The Bertz CT molecular complexity index is 1200. The molecule has 0 fully saturated rings. The molecular weight excluding hydrogens is 440 g/mol. The number of aryl methyl sites for hydroxylation is 2. The number of para-hydroxylation sites is 1. The van der Waals surface area contributed by atoms with Crippen molar-refractivity contribution in [2.45, 2.75) is 40.3 Å². The van der Waals surface area contributed by atoms with Crippen LogP contribution in [0.25, 0.3) is 0 Å². The molecular formula is C28H32N4O3. The SMILES string of the molecule is Cc1ccc(CNC(=O)c2ccccc2NC(=O)CNc2ccc(C(=O)NC(C)C)cc2C)cc1. The number of nitrogens with one attached hydrogen (secondary N) is 4. The lowest BCUT2D eigenvalue weighted by molar-refractivity contribution is -0.114. The second-order valence-corrected chi connectivity index (χ2v) is 8.77. The zero-order valence-electron chi connectivity index (χ0n) is 20.6. The maximum absolute atomic E-state index is 12.8. The van der Waals surface area contributed by atoms with Crippen LogP contribution in [0.1, 0.15) is 51.3 Å². The fraction of sp³-hybridized carbons (Fsp3) is 0.250. The Morgan fingerprint density at radius 3 is 2.23 bits per heavy atom. The molecule has 0 spiro atoms. The maximum atomic E-state index is 12.8. The third-order valence-electron chi connectivity index (χ3n) is 5.37. The normalized spacial score (nSPS) is 10.5. The van der Waals surface area contributed by atoms with Crippen LogP contribution in [0.4, 0.5) is 11.4 Å². The van der Waals surface area contributed by atoms with Crippen LogP contribution < -0.4 is 21.3 Å². The van der Waals surface area contributed by atoms with Crippen LogP contribution in [-0.2, 0) is 11.3 Å². The van der Waals surface area contributed by atoms with E-state index in [1.165, 1.54) is 0 Å². The Labute approximate surface area is 206 Å². The summed E-state index contributed by atoms with van der Waals surface area (Å²) in [5.41, 5.74) is 5.16. The molecule has 7 nitrogen and oxygen atoms in total. The van der Waals surface area contributed by atoms with Crippen LogP contribution in [0, 0.1) is 13.8 Å². The Hall–Kier alpha value is -4.13. The number of carbonyl (C=O) groups is 3. The topological polar surface area (TPSA) is 99.3 Å². The zero-order valence-corrected chi connectivity index (χ0v) is 20.6. The van der Waals surface area contributed by atoms with E-state index >= 15 is 0 Å². The molecule has 0 heterocycles. The van der Waals surface area contributed by atoms with Crippen LogP contribution in [0.2, 0.25) is 0 Å². The van der Waals surface area contributed by atoms with E-state index in [4.69, 9.17) is 0 Å². The van der Waals surface area contributed by atoms with Gasteiger partial charge in [-0.25, -0.2) is 0 Å². The maximum Gasteiger partial charge on any atom is 0.253 e. The van der Waals surface area contributed by atoms with Crippen LogP contribution in [0.15, 0.2) is 66.7 Å². The largest absolute Gasteiger partial charge is 0.376 e. The van der Waals surface area contributed by atoms with Crippen molar-refractivity contribution in [1.82, 2.24) is 10.6 Å². The van der Waals surface area contributed by atoms with Gasteiger partial charge in [0.25, 0.3) is 11.8 Å². The molecule has 35 heavy (non-hydrogen) atoms. The van der Waals surface area contributed by atoms with Crippen molar-refractivity contribution >= 4 is 29.1 Å². The number of benzene rings is 3. The van der Waals surface area contributed by atoms with Gasteiger partial charge in [0, 0.05) is 23.8 Å². The molecule has 0 atom stereocenters. The van der Waals surface area contributed by atoms with Gasteiger partial charge in [0.15, 0.2) is 0 Å². The van der Waals surface area contributed by atoms with E-state index in [9.17, 15) is 14.4 Å². The Balaban J connectivity index is 1.58. The lowest BCUT2D eigenvalue weighted by Gasteiger charge is -2.14. The summed E-state index contributed by atoms with van der Waals surface area (Å²) >= 11 is 0. The molecule has 0 saturated heterocycles. The molecule has 7 heteroatoms. The summed E-state index contributed by atoms with van der Waals surface area (Å²) in [6.07, 6.45) is 0. The number of carbonyl (C=O) groups excluding carboxylic acids is 3. The van der Waals surface area contributed by atoms with Crippen LogP contribution in [0.3, 0.4) is 0 Å². The summed E-state index contributed by atoms with van der Waals surface area (Å²) in [7, 11) is 0. The first-order chi connectivity index (χ1) is 16.7. The van der Waals surface area contributed by atoms with Gasteiger partial charge < -0.3 is 21.3 Å². The minimum Gasteiger partial charge on any atom is -0.376 e. The first-order valence-electron chi connectivity index (χ1n) is 11.6. The van der Waals surface area contributed by atoms with Crippen molar-refractivity contribution in [3.8, 4) is 0 Å². The minimum atomic E-state index is -0.287. The van der Waals surface area contributed by atoms with E-state index in [1.807, 2.05) is 52.0 Å². The molecule has 0 aliphatic carbocycles. The molecule has 0 aliphatic heterocycles. The average Bonchev–Trinajstić information content (AvgIpc) is 2.82. The minimum absolute atomic E-state index is 0.0116. The molecule has 0 bridgehead atoms. The first kappa shape index (κ1) is 25.5. The van der Waals surface area contributed by atoms with E-state index in [1.54, 1.807) is 42.5 Å². The predicted molar refractivity (Wildman–Crippen MR) is 140 cm³/mol. The van der Waals surface area contributed by atoms with Crippen LogP contribution in [-0.4, -0.2) is 30.3 Å². The van der Waals surface area contributed by atoms with E-state index in [0.717, 1.165) is 22.4 Å². The standard InChI is InChI=1S/C28H32N4O3/c1-18(2)31-27(34)22-13-14-24(20(4)15-22)29-17-26(33)32-25-8-6-5-7-23(25)28(35)30-16-21-11-9-19(3)10-12-21/h5-15,18,29H,16-17H2,1-4H3,(H,30,35)(H,31,34)(H,32,33). The van der Waals surface area contributed by atoms with Gasteiger partial charge in [-0.15, -0.1) is 0 Å².